The molecule has 0 bridgehead atoms. The lowest BCUT2D eigenvalue weighted by atomic mass is 10.2. The van der Waals surface area contributed by atoms with Crippen LogP contribution in [0.25, 0.3) is 10.9 Å². The number of aromatic nitrogens is 3. The fourth-order valence-electron chi connectivity index (χ4n) is 2.16. The molecule has 6 heteroatoms. The first-order valence-corrected chi connectivity index (χ1v) is 7.04. The third kappa shape index (κ3) is 3.33. The summed E-state index contributed by atoms with van der Waals surface area (Å²) >= 11 is 0. The van der Waals surface area contributed by atoms with Crippen molar-refractivity contribution in [2.75, 3.05) is 26.2 Å². The quantitative estimate of drug-likeness (QED) is 0.749. The van der Waals surface area contributed by atoms with E-state index < -0.39 is 0 Å². The molecule has 2 rings (SSSR count). The Morgan fingerprint density at radius 2 is 2.20 bits per heavy atom. The Morgan fingerprint density at radius 3 is 2.95 bits per heavy atom. The Morgan fingerprint density at radius 1 is 1.40 bits per heavy atom. The Balaban J connectivity index is 1.86. The topological polar surface area (TPSA) is 73.9 Å². The van der Waals surface area contributed by atoms with E-state index in [1.54, 1.807) is 18.5 Å². The van der Waals surface area contributed by atoms with Gasteiger partial charge in [-0.1, -0.05) is 13.8 Å². The summed E-state index contributed by atoms with van der Waals surface area (Å²) in [6, 6.07) is 1.81. The first-order valence-electron chi connectivity index (χ1n) is 7.04. The van der Waals surface area contributed by atoms with Gasteiger partial charge in [0.25, 0.3) is 5.91 Å². The van der Waals surface area contributed by atoms with Crippen LogP contribution in [0.15, 0.2) is 18.5 Å². The molecule has 0 unspecified atom stereocenters. The van der Waals surface area contributed by atoms with E-state index in [1.165, 1.54) is 0 Å². The molecule has 2 aromatic heterocycles. The van der Waals surface area contributed by atoms with Crippen LogP contribution in [0.3, 0.4) is 0 Å². The summed E-state index contributed by atoms with van der Waals surface area (Å²) in [5.41, 5.74) is 1.24. The van der Waals surface area contributed by atoms with Crippen LogP contribution < -0.4 is 5.32 Å². The predicted molar refractivity (Wildman–Crippen MR) is 78.6 cm³/mol. The van der Waals surface area contributed by atoms with Gasteiger partial charge in [-0.05, 0) is 32.1 Å². The van der Waals surface area contributed by atoms with E-state index in [0.717, 1.165) is 37.0 Å². The fourth-order valence-corrected chi connectivity index (χ4v) is 2.16. The summed E-state index contributed by atoms with van der Waals surface area (Å²) in [6.45, 7) is 8.02. The molecule has 0 aliphatic heterocycles. The van der Waals surface area contributed by atoms with Gasteiger partial charge in [0.05, 0.1) is 10.9 Å². The standard InChI is InChI=1S/C14H21N5O/c1-3-19(4-2)9-5-7-16-14(20)13-11-10-15-8-6-12(11)17-18-13/h6,8,10H,3-5,7,9H2,1-2H3,(H,16,20)(H,17,18). The molecule has 0 aliphatic rings. The molecule has 0 saturated heterocycles. The summed E-state index contributed by atoms with van der Waals surface area (Å²) in [6.07, 6.45) is 4.27. The summed E-state index contributed by atoms with van der Waals surface area (Å²) < 4.78 is 0. The number of nitrogens with zero attached hydrogens (tertiary/aromatic N) is 3. The first kappa shape index (κ1) is 14.5. The average molecular weight is 275 g/mol. The molecule has 6 nitrogen and oxygen atoms in total. The van der Waals surface area contributed by atoms with E-state index in [-0.39, 0.29) is 5.91 Å². The largest absolute Gasteiger partial charge is 0.351 e. The maximum atomic E-state index is 12.1. The zero-order chi connectivity index (χ0) is 14.4. The number of amides is 1. The van der Waals surface area contributed by atoms with Gasteiger partial charge in [0, 0.05) is 18.9 Å². The zero-order valence-electron chi connectivity index (χ0n) is 12.0. The highest BCUT2D eigenvalue weighted by Gasteiger charge is 2.13. The Bertz CT molecular complexity index is 561. The van der Waals surface area contributed by atoms with Gasteiger partial charge in [0.2, 0.25) is 0 Å². The van der Waals surface area contributed by atoms with Crippen molar-refractivity contribution in [1.82, 2.24) is 25.4 Å². The van der Waals surface area contributed by atoms with Crippen LogP contribution in [0.1, 0.15) is 30.8 Å². The van der Waals surface area contributed by atoms with Crippen LogP contribution in [-0.4, -0.2) is 52.2 Å². The normalized spacial score (nSPS) is 11.2. The number of pyridine rings is 1. The van der Waals surface area contributed by atoms with E-state index in [0.29, 0.717) is 12.2 Å². The molecule has 0 aromatic carbocycles. The van der Waals surface area contributed by atoms with Gasteiger partial charge in [0.1, 0.15) is 0 Å². The number of aromatic amines is 1. The molecular weight excluding hydrogens is 254 g/mol. The van der Waals surface area contributed by atoms with Gasteiger partial charge in [0.15, 0.2) is 5.69 Å². The van der Waals surface area contributed by atoms with Crippen LogP contribution in [0.4, 0.5) is 0 Å². The molecule has 0 saturated carbocycles. The van der Waals surface area contributed by atoms with Gasteiger partial charge in [-0.25, -0.2) is 0 Å². The number of rotatable bonds is 7. The molecule has 20 heavy (non-hydrogen) atoms. The SMILES string of the molecule is CCN(CC)CCCNC(=O)c1n[nH]c2ccncc12. The average Bonchev–Trinajstić information content (AvgIpc) is 2.91. The van der Waals surface area contributed by atoms with Gasteiger partial charge in [-0.2, -0.15) is 5.10 Å². The number of hydrogen-bond acceptors (Lipinski definition) is 4. The van der Waals surface area contributed by atoms with E-state index >= 15 is 0 Å². The number of nitrogens with one attached hydrogen (secondary N) is 2. The van der Waals surface area contributed by atoms with Crippen LogP contribution in [0.5, 0.6) is 0 Å². The first-order chi connectivity index (χ1) is 9.76. The molecule has 0 fully saturated rings. The van der Waals surface area contributed by atoms with Crippen LogP contribution in [0.2, 0.25) is 0 Å². The number of fused-ring (bicyclic) bond motifs is 1. The Hall–Kier alpha value is -1.95. The molecule has 1 amide bonds. The minimum absolute atomic E-state index is 0.149. The number of carbonyl (C=O) groups excluding carboxylic acids is 1. The number of carbonyl (C=O) groups is 1. The summed E-state index contributed by atoms with van der Waals surface area (Å²) in [7, 11) is 0. The van der Waals surface area contributed by atoms with Crippen molar-refractivity contribution in [3.8, 4) is 0 Å². The Labute approximate surface area is 118 Å². The minimum atomic E-state index is -0.149. The zero-order valence-corrected chi connectivity index (χ0v) is 12.0. The van der Waals surface area contributed by atoms with Crippen molar-refractivity contribution in [1.29, 1.82) is 0 Å². The lowest BCUT2D eigenvalue weighted by Gasteiger charge is -2.17. The highest BCUT2D eigenvalue weighted by atomic mass is 16.1. The van der Waals surface area contributed by atoms with Crippen LogP contribution in [-0.2, 0) is 0 Å². The number of H-pyrrole nitrogens is 1. The summed E-state index contributed by atoms with van der Waals surface area (Å²) in [5, 5.41) is 10.6. The second kappa shape index (κ2) is 7.00. The van der Waals surface area contributed by atoms with E-state index in [2.05, 4.69) is 39.2 Å². The predicted octanol–water partition coefficient (Wildman–Crippen LogP) is 1.42. The van der Waals surface area contributed by atoms with E-state index in [9.17, 15) is 4.79 Å². The fraction of sp³-hybridized carbons (Fsp3) is 0.500. The molecule has 2 heterocycles. The molecule has 2 aromatic rings. The third-order valence-electron chi connectivity index (χ3n) is 3.41. The van der Waals surface area contributed by atoms with Crippen molar-refractivity contribution < 1.29 is 4.79 Å². The highest BCUT2D eigenvalue weighted by Crippen LogP contribution is 2.13. The molecule has 108 valence electrons. The monoisotopic (exact) mass is 275 g/mol. The molecule has 2 N–H and O–H groups in total. The van der Waals surface area contributed by atoms with Crippen molar-refractivity contribution in [3.05, 3.63) is 24.2 Å². The maximum absolute atomic E-state index is 12.1. The Kier molecular flexibility index (Phi) is 5.06. The highest BCUT2D eigenvalue weighted by molar-refractivity contribution is 6.04. The second-order valence-electron chi connectivity index (χ2n) is 4.63. The van der Waals surface area contributed by atoms with Crippen molar-refractivity contribution in [2.45, 2.75) is 20.3 Å². The lowest BCUT2D eigenvalue weighted by molar-refractivity contribution is 0.0948. The van der Waals surface area contributed by atoms with Gasteiger partial charge in [-0.3, -0.25) is 14.9 Å². The smallest absolute Gasteiger partial charge is 0.272 e. The van der Waals surface area contributed by atoms with Crippen LogP contribution >= 0.6 is 0 Å². The van der Waals surface area contributed by atoms with Crippen molar-refractivity contribution in [2.24, 2.45) is 0 Å². The third-order valence-corrected chi connectivity index (χ3v) is 3.41. The van der Waals surface area contributed by atoms with Gasteiger partial charge < -0.3 is 10.2 Å². The molecule has 0 aliphatic carbocycles. The summed E-state index contributed by atoms with van der Waals surface area (Å²) in [5.74, 6) is -0.149. The molecule has 0 radical (unpaired) electrons. The van der Waals surface area contributed by atoms with E-state index in [1.807, 2.05) is 0 Å². The van der Waals surface area contributed by atoms with E-state index in [4.69, 9.17) is 0 Å². The minimum Gasteiger partial charge on any atom is -0.351 e. The maximum Gasteiger partial charge on any atom is 0.272 e. The van der Waals surface area contributed by atoms with Crippen molar-refractivity contribution >= 4 is 16.8 Å². The van der Waals surface area contributed by atoms with Crippen LogP contribution in [0, 0.1) is 0 Å². The number of hydrogen-bond donors (Lipinski definition) is 2. The van der Waals surface area contributed by atoms with Gasteiger partial charge >= 0.3 is 0 Å². The van der Waals surface area contributed by atoms with Crippen molar-refractivity contribution in [3.63, 3.8) is 0 Å². The second-order valence-corrected chi connectivity index (χ2v) is 4.63. The lowest BCUT2D eigenvalue weighted by Crippen LogP contribution is -2.30. The molecule has 0 spiro atoms. The molecular formula is C14H21N5O. The van der Waals surface area contributed by atoms with Gasteiger partial charge in [-0.15, -0.1) is 0 Å². The molecule has 0 atom stereocenters. The summed E-state index contributed by atoms with van der Waals surface area (Å²) in [4.78, 5) is 18.4.